The Morgan fingerprint density at radius 3 is 2.33 bits per heavy atom. The van der Waals surface area contributed by atoms with E-state index in [4.69, 9.17) is 0 Å². The van der Waals surface area contributed by atoms with E-state index in [9.17, 15) is 0 Å². The molecule has 0 aromatic carbocycles. The van der Waals surface area contributed by atoms with Crippen molar-refractivity contribution in [3.05, 3.63) is 10.6 Å². The second-order valence-electron chi connectivity index (χ2n) is 1.09. The van der Waals surface area contributed by atoms with E-state index in [0.29, 0.717) is 0 Å². The van der Waals surface area contributed by atoms with Crippen LogP contribution >= 0.6 is 15.9 Å². The molecule has 0 aliphatic carbocycles. The van der Waals surface area contributed by atoms with Gasteiger partial charge in [-0.05, 0) is 17.8 Å². The van der Waals surface area contributed by atoms with Crippen LogP contribution in [0.15, 0.2) is 10.6 Å². The van der Waals surface area contributed by atoms with E-state index in [2.05, 4.69) is 28.9 Å². The van der Waals surface area contributed by atoms with Crippen LogP contribution in [0.3, 0.4) is 0 Å². The Hall–Kier alpha value is 0.220. The summed E-state index contributed by atoms with van der Waals surface area (Å²) in [5.74, 6) is 0. The molecule has 0 fully saturated rings. The topological polar surface area (TPSA) is 0 Å². The summed E-state index contributed by atoms with van der Waals surface area (Å²) in [7, 11) is 0. The molecule has 6 heavy (non-hydrogen) atoms. The fraction of sp³-hybridized carbons (Fsp3) is 0.600. The summed E-state index contributed by atoms with van der Waals surface area (Å²) in [4.78, 5) is 0. The highest BCUT2D eigenvalue weighted by Gasteiger charge is 1.75. The lowest BCUT2D eigenvalue weighted by Gasteiger charge is -1.82. The molecule has 0 nitrogen and oxygen atoms in total. The minimum Gasteiger partial charge on any atom is -0.0775 e. The Balaban J connectivity index is 3.22. The van der Waals surface area contributed by atoms with Crippen LogP contribution in [-0.2, 0) is 0 Å². The second-order valence-corrected chi connectivity index (χ2v) is 2.11. The summed E-state index contributed by atoms with van der Waals surface area (Å²) in [6.45, 7) is 4.14. The lowest BCUT2D eigenvalue weighted by molar-refractivity contribution is 1.20. The largest absolute Gasteiger partial charge is 0.0775 e. The van der Waals surface area contributed by atoms with Gasteiger partial charge < -0.3 is 0 Å². The quantitative estimate of drug-likeness (QED) is 0.537. The molecule has 0 aliphatic rings. The van der Waals surface area contributed by atoms with Crippen LogP contribution in [0.1, 0.15) is 20.3 Å². The van der Waals surface area contributed by atoms with Gasteiger partial charge in [0.1, 0.15) is 0 Å². The fourth-order valence-electron chi connectivity index (χ4n) is 0.204. The Labute approximate surface area is 47.4 Å². The van der Waals surface area contributed by atoms with Crippen molar-refractivity contribution in [2.24, 2.45) is 0 Å². The summed E-state index contributed by atoms with van der Waals surface area (Å²) in [5.41, 5.74) is 0. The van der Waals surface area contributed by atoms with E-state index in [-0.39, 0.29) is 0 Å². The summed E-state index contributed by atoms with van der Waals surface area (Å²) in [5, 5.41) is 0. The van der Waals surface area contributed by atoms with Gasteiger partial charge >= 0.3 is 0 Å². The molecule has 0 heterocycles. The molecule has 0 bridgehead atoms. The molecule has 0 unspecified atom stereocenters. The van der Waals surface area contributed by atoms with Gasteiger partial charge in [0, 0.05) is 0 Å². The van der Waals surface area contributed by atoms with Crippen molar-refractivity contribution < 1.29 is 0 Å². The molecule has 0 saturated carbocycles. The van der Waals surface area contributed by atoms with Crippen LogP contribution in [0.4, 0.5) is 0 Å². The van der Waals surface area contributed by atoms with Gasteiger partial charge in [-0.2, -0.15) is 0 Å². The molecule has 0 aromatic heterocycles. The molecule has 0 atom stereocenters. The standard InChI is InChI=1S/C5H9Br/c1-3-5(6)4-2/h3H,4H2,1-2H3. The van der Waals surface area contributed by atoms with E-state index in [1.165, 1.54) is 4.48 Å². The van der Waals surface area contributed by atoms with Crippen molar-refractivity contribution in [1.82, 2.24) is 0 Å². The van der Waals surface area contributed by atoms with Gasteiger partial charge in [-0.3, -0.25) is 0 Å². The lowest BCUT2D eigenvalue weighted by Crippen LogP contribution is -1.57. The van der Waals surface area contributed by atoms with Crippen molar-refractivity contribution in [1.29, 1.82) is 0 Å². The van der Waals surface area contributed by atoms with E-state index in [1.807, 2.05) is 6.92 Å². The van der Waals surface area contributed by atoms with Gasteiger partial charge in [0.2, 0.25) is 0 Å². The van der Waals surface area contributed by atoms with Gasteiger partial charge in [-0.15, -0.1) is 0 Å². The van der Waals surface area contributed by atoms with E-state index in [0.717, 1.165) is 6.42 Å². The zero-order valence-corrected chi connectivity index (χ0v) is 5.75. The maximum Gasteiger partial charge on any atom is -0.00947 e. The van der Waals surface area contributed by atoms with Crippen LogP contribution in [0.25, 0.3) is 0 Å². The predicted octanol–water partition coefficient (Wildman–Crippen LogP) is 2.70. The molecule has 1 heteroatoms. The minimum atomic E-state index is 1.11. The first-order valence-electron chi connectivity index (χ1n) is 2.12. The number of rotatable bonds is 1. The normalized spacial score (nSPS) is 12.2. The highest BCUT2D eigenvalue weighted by atomic mass is 79.9. The van der Waals surface area contributed by atoms with Gasteiger partial charge in [0.25, 0.3) is 0 Å². The van der Waals surface area contributed by atoms with Crippen LogP contribution in [0.5, 0.6) is 0 Å². The zero-order chi connectivity index (χ0) is 4.99. The maximum atomic E-state index is 3.34. The molecule has 36 valence electrons. The Morgan fingerprint density at radius 1 is 1.83 bits per heavy atom. The van der Waals surface area contributed by atoms with Crippen molar-refractivity contribution in [2.75, 3.05) is 0 Å². The molecular weight excluding hydrogens is 140 g/mol. The molecule has 0 spiro atoms. The van der Waals surface area contributed by atoms with Crippen molar-refractivity contribution in [3.63, 3.8) is 0 Å². The zero-order valence-electron chi connectivity index (χ0n) is 4.16. The molecule has 0 saturated heterocycles. The molecular formula is C5H9Br. The van der Waals surface area contributed by atoms with Gasteiger partial charge in [-0.25, -0.2) is 0 Å². The third kappa shape index (κ3) is 2.46. The van der Waals surface area contributed by atoms with Gasteiger partial charge in [-0.1, -0.05) is 28.9 Å². The second kappa shape index (κ2) is 3.41. The third-order valence-electron chi connectivity index (χ3n) is 0.651. The van der Waals surface area contributed by atoms with Gasteiger partial charge in [0.15, 0.2) is 0 Å². The van der Waals surface area contributed by atoms with Gasteiger partial charge in [0.05, 0.1) is 0 Å². The van der Waals surface area contributed by atoms with Crippen molar-refractivity contribution >= 4 is 15.9 Å². The van der Waals surface area contributed by atoms with Crippen molar-refractivity contribution in [3.8, 4) is 0 Å². The molecule has 0 N–H and O–H groups in total. The number of hydrogen-bond acceptors (Lipinski definition) is 0. The summed E-state index contributed by atoms with van der Waals surface area (Å²) in [6.07, 6.45) is 3.16. The first-order chi connectivity index (χ1) is 2.81. The highest BCUT2D eigenvalue weighted by molar-refractivity contribution is 9.11. The third-order valence-corrected chi connectivity index (χ3v) is 1.67. The van der Waals surface area contributed by atoms with E-state index < -0.39 is 0 Å². The highest BCUT2D eigenvalue weighted by Crippen LogP contribution is 2.06. The number of hydrogen-bond donors (Lipinski definition) is 0. The van der Waals surface area contributed by atoms with Crippen LogP contribution in [-0.4, -0.2) is 0 Å². The van der Waals surface area contributed by atoms with Crippen molar-refractivity contribution in [2.45, 2.75) is 20.3 Å². The molecule has 0 rings (SSSR count). The van der Waals surface area contributed by atoms with E-state index in [1.54, 1.807) is 0 Å². The molecule has 0 aromatic rings. The smallest absolute Gasteiger partial charge is 0.00947 e. The summed E-state index contributed by atoms with van der Waals surface area (Å²) >= 11 is 3.34. The average Bonchev–Trinajstić information content (AvgIpc) is 1.65. The van der Waals surface area contributed by atoms with Crippen LogP contribution < -0.4 is 0 Å². The Kier molecular flexibility index (Phi) is 3.54. The fourth-order valence-corrected chi connectivity index (χ4v) is 0.204. The summed E-state index contributed by atoms with van der Waals surface area (Å²) < 4.78 is 1.28. The summed E-state index contributed by atoms with van der Waals surface area (Å²) in [6, 6.07) is 0. The first kappa shape index (κ1) is 6.22. The van der Waals surface area contributed by atoms with Crippen LogP contribution in [0, 0.1) is 0 Å². The first-order valence-corrected chi connectivity index (χ1v) is 2.91. The average molecular weight is 149 g/mol. The monoisotopic (exact) mass is 148 g/mol. The van der Waals surface area contributed by atoms with Crippen LogP contribution in [0.2, 0.25) is 0 Å². The molecule has 0 radical (unpaired) electrons. The SMILES string of the molecule is CC=C(Br)CC. The van der Waals surface area contributed by atoms with E-state index >= 15 is 0 Å². The maximum absolute atomic E-state index is 3.34. The Morgan fingerprint density at radius 2 is 2.33 bits per heavy atom. The number of halogens is 1. The minimum absolute atomic E-state index is 1.11. The number of allylic oxidation sites excluding steroid dienone is 2. The lowest BCUT2D eigenvalue weighted by atomic mass is 10.4. The molecule has 0 aliphatic heterocycles. The molecule has 0 amide bonds. The Bertz CT molecular complexity index is 55.0. The predicted molar refractivity (Wildman–Crippen MR) is 33.0 cm³/mol.